The number of hydrogen-bond donors (Lipinski definition) is 0. The van der Waals surface area contributed by atoms with Crippen LogP contribution in [0.25, 0.3) is 32.1 Å². The van der Waals surface area contributed by atoms with Crippen molar-refractivity contribution in [2.75, 3.05) is 0 Å². The fraction of sp³-hybridized carbons (Fsp3) is 0.0345. The Morgan fingerprint density at radius 1 is 0.794 bits per heavy atom. The van der Waals surface area contributed by atoms with Crippen molar-refractivity contribution in [3.63, 3.8) is 0 Å². The van der Waals surface area contributed by atoms with Gasteiger partial charge in [-0.05, 0) is 46.2 Å². The van der Waals surface area contributed by atoms with Gasteiger partial charge < -0.3 is 4.74 Å². The van der Waals surface area contributed by atoms with E-state index in [1.807, 2.05) is 78.2 Å². The molecule has 0 amide bonds. The van der Waals surface area contributed by atoms with E-state index in [-0.39, 0.29) is 5.56 Å². The molecule has 0 radical (unpaired) electrons. The van der Waals surface area contributed by atoms with Gasteiger partial charge in [0.15, 0.2) is 0 Å². The van der Waals surface area contributed by atoms with Crippen LogP contribution >= 0.6 is 11.3 Å². The number of benzene rings is 4. The predicted octanol–water partition coefficient (Wildman–Crippen LogP) is 7.12. The lowest BCUT2D eigenvalue weighted by Crippen LogP contribution is -2.21. The molecule has 0 bridgehead atoms. The Bertz CT molecular complexity index is 1680. The molecule has 0 fully saturated rings. The zero-order chi connectivity index (χ0) is 22.9. The molecule has 0 N–H and O–H groups in total. The summed E-state index contributed by atoms with van der Waals surface area (Å²) in [5.41, 5.74) is 2.92. The van der Waals surface area contributed by atoms with Crippen molar-refractivity contribution in [3.8, 4) is 22.6 Å². The first kappa shape index (κ1) is 20.4. The van der Waals surface area contributed by atoms with Gasteiger partial charge in [-0.15, -0.1) is 11.3 Å². The van der Waals surface area contributed by atoms with E-state index in [1.54, 1.807) is 10.9 Å². The second kappa shape index (κ2) is 8.61. The smallest absolute Gasteiger partial charge is 0.263 e. The summed E-state index contributed by atoms with van der Waals surface area (Å²) < 4.78 is 7.63. The number of fused-ring (bicyclic) bond motifs is 2. The maximum atomic E-state index is 13.6. The molecule has 0 aliphatic carbocycles. The summed E-state index contributed by atoms with van der Waals surface area (Å²) in [6.07, 6.45) is 1.64. The van der Waals surface area contributed by atoms with Gasteiger partial charge in [0, 0.05) is 10.9 Å². The van der Waals surface area contributed by atoms with Crippen LogP contribution in [0, 0.1) is 0 Å². The van der Waals surface area contributed by atoms with Crippen molar-refractivity contribution in [3.05, 3.63) is 125 Å². The molecule has 4 aromatic carbocycles. The summed E-state index contributed by atoms with van der Waals surface area (Å²) in [4.78, 5) is 19.0. The molecule has 6 aromatic rings. The van der Waals surface area contributed by atoms with Crippen LogP contribution in [-0.2, 0) is 6.54 Å². The summed E-state index contributed by atoms with van der Waals surface area (Å²) in [7, 11) is 0. The normalized spacial score (nSPS) is 11.2. The lowest BCUT2D eigenvalue weighted by molar-refractivity contribution is 0.481. The third-order valence-corrected chi connectivity index (χ3v) is 6.76. The largest absolute Gasteiger partial charge is 0.457 e. The van der Waals surface area contributed by atoms with Gasteiger partial charge in [0.2, 0.25) is 0 Å². The van der Waals surface area contributed by atoms with E-state index in [1.165, 1.54) is 11.3 Å². The fourth-order valence-electron chi connectivity index (χ4n) is 4.27. The van der Waals surface area contributed by atoms with Gasteiger partial charge in [-0.1, -0.05) is 72.8 Å². The topological polar surface area (TPSA) is 44.1 Å². The Morgan fingerprint density at radius 3 is 2.47 bits per heavy atom. The Balaban J connectivity index is 1.39. The van der Waals surface area contributed by atoms with E-state index in [9.17, 15) is 4.79 Å². The molecular formula is C29H20N2O2S. The van der Waals surface area contributed by atoms with Crippen LogP contribution < -0.4 is 10.3 Å². The Kier molecular flexibility index (Phi) is 5.17. The van der Waals surface area contributed by atoms with Crippen LogP contribution in [0.5, 0.6) is 11.5 Å². The second-order valence-corrected chi connectivity index (χ2v) is 8.95. The SMILES string of the molecule is O=c1c2c(-c3cccc4ccccc34)csc2ncn1Cc1cccc(Oc2ccccc2)c1. The van der Waals surface area contributed by atoms with Gasteiger partial charge >= 0.3 is 0 Å². The molecule has 0 spiro atoms. The van der Waals surface area contributed by atoms with E-state index in [2.05, 4.69) is 29.2 Å². The number of aromatic nitrogens is 2. The van der Waals surface area contributed by atoms with Crippen molar-refractivity contribution in [1.82, 2.24) is 9.55 Å². The molecule has 0 unspecified atom stereocenters. The molecule has 34 heavy (non-hydrogen) atoms. The number of nitrogens with zero attached hydrogens (tertiary/aromatic N) is 2. The van der Waals surface area contributed by atoms with Gasteiger partial charge in [-0.3, -0.25) is 9.36 Å². The zero-order valence-corrected chi connectivity index (χ0v) is 19.0. The van der Waals surface area contributed by atoms with Crippen molar-refractivity contribution in [2.45, 2.75) is 6.54 Å². The van der Waals surface area contributed by atoms with Crippen LogP contribution in [0.4, 0.5) is 0 Å². The monoisotopic (exact) mass is 460 g/mol. The first-order valence-corrected chi connectivity index (χ1v) is 11.9. The van der Waals surface area contributed by atoms with Gasteiger partial charge in [0.1, 0.15) is 16.3 Å². The summed E-state index contributed by atoms with van der Waals surface area (Å²) >= 11 is 1.51. The summed E-state index contributed by atoms with van der Waals surface area (Å²) in [6, 6.07) is 31.9. The standard InChI is InChI=1S/C29H20N2O2S/c32-29-27-26(25-15-7-10-21-9-4-5-14-24(21)25)18-34-28(27)30-19-31(29)17-20-8-6-13-23(16-20)33-22-11-2-1-3-12-22/h1-16,18-19H,17H2. The number of thiophene rings is 1. The molecule has 164 valence electrons. The van der Waals surface area contributed by atoms with E-state index in [0.29, 0.717) is 11.9 Å². The molecular weight excluding hydrogens is 440 g/mol. The maximum absolute atomic E-state index is 13.6. The number of hydrogen-bond acceptors (Lipinski definition) is 4. The molecule has 0 saturated heterocycles. The fourth-order valence-corrected chi connectivity index (χ4v) is 5.16. The molecule has 6 rings (SSSR count). The lowest BCUT2D eigenvalue weighted by atomic mass is 9.99. The van der Waals surface area contributed by atoms with Gasteiger partial charge in [0.25, 0.3) is 5.56 Å². The molecule has 0 aliphatic rings. The van der Waals surface area contributed by atoms with Crippen molar-refractivity contribution in [1.29, 1.82) is 0 Å². The minimum absolute atomic E-state index is 0.0384. The molecule has 0 saturated carbocycles. The average molecular weight is 461 g/mol. The van der Waals surface area contributed by atoms with Crippen LogP contribution in [0.15, 0.2) is 114 Å². The predicted molar refractivity (Wildman–Crippen MR) is 139 cm³/mol. The van der Waals surface area contributed by atoms with Gasteiger partial charge in [-0.2, -0.15) is 0 Å². The number of ether oxygens (including phenoxy) is 1. The minimum atomic E-state index is -0.0384. The van der Waals surface area contributed by atoms with Crippen LogP contribution in [0.2, 0.25) is 0 Å². The molecule has 2 aromatic heterocycles. The van der Waals surface area contributed by atoms with Crippen molar-refractivity contribution in [2.24, 2.45) is 0 Å². The molecule has 5 heteroatoms. The summed E-state index contributed by atoms with van der Waals surface area (Å²) in [6.45, 7) is 0.415. The Morgan fingerprint density at radius 2 is 1.56 bits per heavy atom. The number of rotatable bonds is 5. The molecule has 2 heterocycles. The summed E-state index contributed by atoms with van der Waals surface area (Å²) in [5, 5.41) is 4.99. The first-order chi connectivity index (χ1) is 16.8. The summed E-state index contributed by atoms with van der Waals surface area (Å²) in [5.74, 6) is 1.51. The van der Waals surface area contributed by atoms with E-state index < -0.39 is 0 Å². The third kappa shape index (κ3) is 3.76. The molecule has 0 atom stereocenters. The highest BCUT2D eigenvalue weighted by molar-refractivity contribution is 7.17. The second-order valence-electron chi connectivity index (χ2n) is 8.10. The van der Waals surface area contributed by atoms with E-state index in [0.717, 1.165) is 43.8 Å². The number of para-hydroxylation sites is 1. The molecule has 4 nitrogen and oxygen atoms in total. The van der Waals surface area contributed by atoms with Crippen molar-refractivity contribution >= 4 is 32.3 Å². The Hall–Kier alpha value is -4.22. The van der Waals surface area contributed by atoms with Crippen LogP contribution in [0.3, 0.4) is 0 Å². The minimum Gasteiger partial charge on any atom is -0.457 e. The van der Waals surface area contributed by atoms with E-state index in [4.69, 9.17) is 4.74 Å². The highest BCUT2D eigenvalue weighted by Crippen LogP contribution is 2.35. The quantitative estimate of drug-likeness (QED) is 0.275. The third-order valence-electron chi connectivity index (χ3n) is 5.87. The van der Waals surface area contributed by atoms with Gasteiger partial charge in [0.05, 0.1) is 18.3 Å². The first-order valence-electron chi connectivity index (χ1n) is 11.0. The van der Waals surface area contributed by atoms with Crippen LogP contribution in [-0.4, -0.2) is 9.55 Å². The highest BCUT2D eigenvalue weighted by atomic mass is 32.1. The maximum Gasteiger partial charge on any atom is 0.263 e. The Labute approximate surface area is 200 Å². The van der Waals surface area contributed by atoms with Crippen LogP contribution in [0.1, 0.15) is 5.56 Å². The van der Waals surface area contributed by atoms with Crippen molar-refractivity contribution < 1.29 is 4.74 Å². The molecule has 0 aliphatic heterocycles. The lowest BCUT2D eigenvalue weighted by Gasteiger charge is -2.10. The zero-order valence-electron chi connectivity index (χ0n) is 18.2. The highest BCUT2D eigenvalue weighted by Gasteiger charge is 2.15. The van der Waals surface area contributed by atoms with E-state index >= 15 is 0 Å². The van der Waals surface area contributed by atoms with Gasteiger partial charge in [-0.25, -0.2) is 4.98 Å². The average Bonchev–Trinajstić information content (AvgIpc) is 3.31.